The zero-order valence-corrected chi connectivity index (χ0v) is 11.8. The Hall–Kier alpha value is -2.26. The summed E-state index contributed by atoms with van der Waals surface area (Å²) in [6, 6.07) is 0. The van der Waals surface area contributed by atoms with Crippen LogP contribution < -0.4 is 16.6 Å². The van der Waals surface area contributed by atoms with Crippen molar-refractivity contribution in [2.45, 2.75) is 13.0 Å². The average Bonchev–Trinajstić information content (AvgIpc) is 2.72. The maximum Gasteiger partial charge on any atom is 0.221 e. The minimum atomic E-state index is 0.0878. The number of fused-ring (bicyclic) bond motifs is 1. The number of nitrogens with one attached hydrogen (secondary N) is 2. The van der Waals surface area contributed by atoms with Crippen molar-refractivity contribution in [1.82, 2.24) is 30.0 Å². The topological polar surface area (TPSA) is 114 Å². The highest BCUT2D eigenvalue weighted by molar-refractivity contribution is 5.86. The number of anilines is 1. The minimum absolute atomic E-state index is 0.0878. The predicted octanol–water partition coefficient (Wildman–Crippen LogP) is -1.03. The third-order valence-corrected chi connectivity index (χ3v) is 3.55. The fourth-order valence-electron chi connectivity index (χ4n) is 2.42. The highest BCUT2D eigenvalue weighted by Crippen LogP contribution is 2.19. The molecule has 112 valence electrons. The lowest BCUT2D eigenvalue weighted by molar-refractivity contribution is -0.120. The lowest BCUT2D eigenvalue weighted by Crippen LogP contribution is -2.29. The fraction of sp³-hybridized carbons (Fsp3) is 0.500. The van der Waals surface area contributed by atoms with Gasteiger partial charge in [0, 0.05) is 33.1 Å². The van der Waals surface area contributed by atoms with Crippen LogP contribution >= 0.6 is 0 Å². The SMILES string of the molecule is Cn1ncc2c(NN)nc(CN3CCNC(=O)CC3)nc21. The van der Waals surface area contributed by atoms with E-state index in [1.54, 1.807) is 10.9 Å². The van der Waals surface area contributed by atoms with Crippen molar-refractivity contribution < 1.29 is 4.79 Å². The van der Waals surface area contributed by atoms with Crippen molar-refractivity contribution in [3.05, 3.63) is 12.0 Å². The number of carbonyl (C=O) groups is 1. The van der Waals surface area contributed by atoms with Crippen LogP contribution in [0.15, 0.2) is 6.20 Å². The van der Waals surface area contributed by atoms with Gasteiger partial charge < -0.3 is 10.7 Å². The van der Waals surface area contributed by atoms with E-state index < -0.39 is 0 Å². The van der Waals surface area contributed by atoms with Gasteiger partial charge >= 0.3 is 0 Å². The Bertz CT molecular complexity index is 667. The predicted molar refractivity (Wildman–Crippen MR) is 77.0 cm³/mol. The first-order chi connectivity index (χ1) is 10.2. The summed E-state index contributed by atoms with van der Waals surface area (Å²) in [5, 5.41) is 7.81. The van der Waals surface area contributed by atoms with Gasteiger partial charge in [0.1, 0.15) is 5.82 Å². The smallest absolute Gasteiger partial charge is 0.221 e. The van der Waals surface area contributed by atoms with Crippen molar-refractivity contribution in [2.24, 2.45) is 12.9 Å². The molecule has 0 aliphatic carbocycles. The molecule has 1 aliphatic rings. The molecule has 4 N–H and O–H groups in total. The highest BCUT2D eigenvalue weighted by atomic mass is 16.1. The normalized spacial score (nSPS) is 16.8. The summed E-state index contributed by atoms with van der Waals surface area (Å²) in [5.74, 6) is 6.84. The number of hydrogen-bond donors (Lipinski definition) is 3. The fourth-order valence-corrected chi connectivity index (χ4v) is 2.42. The maximum atomic E-state index is 11.4. The molecule has 3 rings (SSSR count). The highest BCUT2D eigenvalue weighted by Gasteiger charge is 2.16. The Kier molecular flexibility index (Phi) is 3.67. The minimum Gasteiger partial charge on any atom is -0.355 e. The number of nitrogens with two attached hydrogens (primary N) is 1. The van der Waals surface area contributed by atoms with Gasteiger partial charge in [-0.25, -0.2) is 15.8 Å². The molecule has 3 heterocycles. The van der Waals surface area contributed by atoms with E-state index in [1.807, 2.05) is 7.05 Å². The van der Waals surface area contributed by atoms with Crippen LogP contribution in [-0.4, -0.2) is 50.2 Å². The van der Waals surface area contributed by atoms with Crippen molar-refractivity contribution in [3.8, 4) is 0 Å². The molecule has 21 heavy (non-hydrogen) atoms. The van der Waals surface area contributed by atoms with Crippen LogP contribution in [0.4, 0.5) is 5.82 Å². The maximum absolute atomic E-state index is 11.4. The van der Waals surface area contributed by atoms with E-state index in [9.17, 15) is 4.79 Å². The molecule has 0 bridgehead atoms. The molecular weight excluding hydrogens is 272 g/mol. The summed E-state index contributed by atoms with van der Waals surface area (Å²) in [6.45, 7) is 2.70. The monoisotopic (exact) mass is 290 g/mol. The van der Waals surface area contributed by atoms with Gasteiger partial charge in [-0.1, -0.05) is 0 Å². The molecule has 2 aromatic heterocycles. The number of hydrazine groups is 1. The van der Waals surface area contributed by atoms with Crippen LogP contribution in [0.3, 0.4) is 0 Å². The summed E-state index contributed by atoms with van der Waals surface area (Å²) in [4.78, 5) is 22.5. The van der Waals surface area contributed by atoms with E-state index in [0.29, 0.717) is 37.7 Å². The third-order valence-electron chi connectivity index (χ3n) is 3.55. The number of aryl methyl sites for hydroxylation is 1. The third kappa shape index (κ3) is 2.78. The Morgan fingerprint density at radius 3 is 3.10 bits per heavy atom. The van der Waals surface area contributed by atoms with E-state index in [1.165, 1.54) is 0 Å². The number of nitrogen functional groups attached to an aromatic ring is 1. The summed E-state index contributed by atoms with van der Waals surface area (Å²) in [5.41, 5.74) is 3.32. The Balaban J connectivity index is 1.86. The molecular formula is C12H18N8O. The van der Waals surface area contributed by atoms with Gasteiger partial charge in [-0.15, -0.1) is 0 Å². The van der Waals surface area contributed by atoms with Gasteiger partial charge in [-0.2, -0.15) is 5.10 Å². The second-order valence-electron chi connectivity index (χ2n) is 5.01. The summed E-state index contributed by atoms with van der Waals surface area (Å²) in [6.07, 6.45) is 2.18. The van der Waals surface area contributed by atoms with Crippen LogP contribution in [0.5, 0.6) is 0 Å². The molecule has 0 spiro atoms. The van der Waals surface area contributed by atoms with E-state index >= 15 is 0 Å². The lowest BCUT2D eigenvalue weighted by Gasteiger charge is -2.18. The molecule has 9 nitrogen and oxygen atoms in total. The summed E-state index contributed by atoms with van der Waals surface area (Å²) >= 11 is 0. The number of carbonyl (C=O) groups excluding carboxylic acids is 1. The lowest BCUT2D eigenvalue weighted by atomic mass is 10.3. The molecule has 0 aromatic carbocycles. The van der Waals surface area contributed by atoms with E-state index in [4.69, 9.17) is 5.84 Å². The quantitative estimate of drug-likeness (QED) is 0.489. The van der Waals surface area contributed by atoms with Crippen LogP contribution in [0.25, 0.3) is 11.0 Å². The van der Waals surface area contributed by atoms with E-state index in [-0.39, 0.29) is 5.91 Å². The summed E-state index contributed by atoms with van der Waals surface area (Å²) in [7, 11) is 1.83. The largest absolute Gasteiger partial charge is 0.355 e. The molecule has 2 aromatic rings. The molecule has 1 amide bonds. The summed E-state index contributed by atoms with van der Waals surface area (Å²) < 4.78 is 1.69. The van der Waals surface area contributed by atoms with Crippen molar-refractivity contribution in [3.63, 3.8) is 0 Å². The van der Waals surface area contributed by atoms with Gasteiger partial charge in [-0.3, -0.25) is 14.4 Å². The zero-order valence-electron chi connectivity index (χ0n) is 11.8. The molecule has 1 aliphatic heterocycles. The molecule has 1 fully saturated rings. The Morgan fingerprint density at radius 1 is 1.43 bits per heavy atom. The number of rotatable bonds is 3. The van der Waals surface area contributed by atoms with Crippen LogP contribution in [-0.2, 0) is 18.4 Å². The van der Waals surface area contributed by atoms with E-state index in [0.717, 1.165) is 17.6 Å². The van der Waals surface area contributed by atoms with Gasteiger partial charge in [0.15, 0.2) is 11.5 Å². The van der Waals surface area contributed by atoms with Gasteiger partial charge in [0.05, 0.1) is 18.1 Å². The van der Waals surface area contributed by atoms with Crippen LogP contribution in [0, 0.1) is 0 Å². The molecule has 0 saturated carbocycles. The first kappa shape index (κ1) is 13.7. The van der Waals surface area contributed by atoms with Crippen LogP contribution in [0.1, 0.15) is 12.2 Å². The average molecular weight is 290 g/mol. The number of amides is 1. The zero-order chi connectivity index (χ0) is 14.8. The van der Waals surface area contributed by atoms with Gasteiger partial charge in [0.25, 0.3) is 0 Å². The molecule has 9 heteroatoms. The molecule has 1 saturated heterocycles. The number of nitrogens with zero attached hydrogens (tertiary/aromatic N) is 5. The van der Waals surface area contributed by atoms with E-state index in [2.05, 4.69) is 30.7 Å². The Morgan fingerprint density at radius 2 is 2.29 bits per heavy atom. The molecule has 0 radical (unpaired) electrons. The van der Waals surface area contributed by atoms with Gasteiger partial charge in [-0.05, 0) is 0 Å². The van der Waals surface area contributed by atoms with Crippen LogP contribution in [0.2, 0.25) is 0 Å². The second-order valence-corrected chi connectivity index (χ2v) is 5.01. The number of aromatic nitrogens is 4. The Labute approximate surface area is 121 Å². The van der Waals surface area contributed by atoms with Crippen molar-refractivity contribution in [2.75, 3.05) is 25.1 Å². The van der Waals surface area contributed by atoms with Crippen molar-refractivity contribution >= 4 is 22.8 Å². The van der Waals surface area contributed by atoms with Gasteiger partial charge in [0.2, 0.25) is 5.91 Å². The molecule has 0 unspecified atom stereocenters. The molecule has 0 atom stereocenters. The first-order valence-electron chi connectivity index (χ1n) is 6.81. The second kappa shape index (κ2) is 5.62. The number of hydrogen-bond acceptors (Lipinski definition) is 7. The van der Waals surface area contributed by atoms with Crippen molar-refractivity contribution in [1.29, 1.82) is 0 Å². The standard InChI is InChI=1S/C12H18N8O/c1-19-12-8(6-15-19)11(18-13)16-9(17-12)7-20-4-2-10(21)14-3-5-20/h6H,2-5,7,13H2,1H3,(H,14,21)(H,16,17,18). The first-order valence-corrected chi connectivity index (χ1v) is 6.81.